The molecule has 0 fully saturated rings. The van der Waals surface area contributed by atoms with E-state index in [0.29, 0.717) is 13.0 Å². The van der Waals surface area contributed by atoms with Crippen molar-refractivity contribution >= 4 is 17.9 Å². The van der Waals surface area contributed by atoms with Gasteiger partial charge in [0, 0.05) is 13.5 Å². The minimum absolute atomic E-state index is 0.0425. The molecule has 19 heavy (non-hydrogen) atoms. The number of carboxylic acids is 1. The van der Waals surface area contributed by atoms with Crippen molar-refractivity contribution in [3.8, 4) is 0 Å². The molecule has 0 aliphatic carbocycles. The van der Waals surface area contributed by atoms with Crippen LogP contribution < -0.4 is 16.4 Å². The molecule has 0 rings (SSSR count). The van der Waals surface area contributed by atoms with E-state index in [1.165, 1.54) is 7.11 Å². The number of carboxylic acid groups (broad SMARTS) is 1. The first-order chi connectivity index (χ1) is 8.90. The van der Waals surface area contributed by atoms with Crippen molar-refractivity contribution in [2.24, 2.45) is 5.73 Å². The van der Waals surface area contributed by atoms with Gasteiger partial charge in [-0.3, -0.25) is 4.79 Å². The Bertz CT molecular complexity index is 321. The SMILES string of the molecule is CCC(COC)NC(=O)N[C@@H](CCC(N)=O)C(=O)O. The second-order valence-corrected chi connectivity index (χ2v) is 4.07. The molecular formula is C11H21N3O5. The second kappa shape index (κ2) is 9.15. The molecule has 0 radical (unpaired) electrons. The Kier molecular flexibility index (Phi) is 8.27. The van der Waals surface area contributed by atoms with Crippen LogP contribution in [0.5, 0.6) is 0 Å². The van der Waals surface area contributed by atoms with Gasteiger partial charge in [-0.1, -0.05) is 6.92 Å². The van der Waals surface area contributed by atoms with E-state index in [4.69, 9.17) is 15.6 Å². The number of hydrogen-bond acceptors (Lipinski definition) is 4. The number of hydrogen-bond donors (Lipinski definition) is 4. The van der Waals surface area contributed by atoms with Gasteiger partial charge in [-0.2, -0.15) is 0 Å². The molecule has 0 aromatic rings. The Hall–Kier alpha value is -1.83. The molecule has 110 valence electrons. The molecule has 0 aromatic carbocycles. The minimum atomic E-state index is -1.21. The zero-order chi connectivity index (χ0) is 14.8. The molecule has 0 aliphatic heterocycles. The van der Waals surface area contributed by atoms with Gasteiger partial charge in [0.2, 0.25) is 5.91 Å². The Balaban J connectivity index is 4.30. The van der Waals surface area contributed by atoms with E-state index in [1.54, 1.807) is 0 Å². The molecule has 8 nitrogen and oxygen atoms in total. The number of amides is 3. The van der Waals surface area contributed by atoms with Crippen molar-refractivity contribution in [3.05, 3.63) is 0 Å². The van der Waals surface area contributed by atoms with Crippen LogP contribution in [-0.2, 0) is 14.3 Å². The van der Waals surface area contributed by atoms with Crippen molar-refractivity contribution in [1.82, 2.24) is 10.6 Å². The van der Waals surface area contributed by atoms with Crippen LogP contribution >= 0.6 is 0 Å². The number of rotatable bonds is 9. The normalized spacial score (nSPS) is 13.4. The summed E-state index contributed by atoms with van der Waals surface area (Å²) in [6.07, 6.45) is 0.506. The van der Waals surface area contributed by atoms with Crippen molar-refractivity contribution < 1.29 is 24.2 Å². The highest BCUT2D eigenvalue weighted by molar-refractivity contribution is 5.83. The Morgan fingerprint density at radius 1 is 1.32 bits per heavy atom. The maximum Gasteiger partial charge on any atom is 0.326 e. The number of nitrogens with one attached hydrogen (secondary N) is 2. The van der Waals surface area contributed by atoms with E-state index in [0.717, 1.165) is 0 Å². The molecule has 0 bridgehead atoms. The molecule has 5 N–H and O–H groups in total. The third-order valence-corrected chi connectivity index (χ3v) is 2.48. The zero-order valence-electron chi connectivity index (χ0n) is 11.1. The summed E-state index contributed by atoms with van der Waals surface area (Å²) in [6.45, 7) is 2.20. The molecular weight excluding hydrogens is 254 g/mol. The van der Waals surface area contributed by atoms with Gasteiger partial charge in [0.05, 0.1) is 12.6 Å². The minimum Gasteiger partial charge on any atom is -0.480 e. The van der Waals surface area contributed by atoms with E-state index < -0.39 is 23.9 Å². The number of carbonyl (C=O) groups excluding carboxylic acids is 2. The number of carbonyl (C=O) groups is 3. The predicted octanol–water partition coefficient (Wildman–Crippen LogP) is -0.571. The van der Waals surface area contributed by atoms with Gasteiger partial charge in [0.25, 0.3) is 0 Å². The summed E-state index contributed by atoms with van der Waals surface area (Å²) in [5.41, 5.74) is 4.94. The van der Waals surface area contributed by atoms with Gasteiger partial charge in [-0.05, 0) is 12.8 Å². The lowest BCUT2D eigenvalue weighted by Gasteiger charge is -2.19. The van der Waals surface area contributed by atoms with Gasteiger partial charge in [-0.25, -0.2) is 9.59 Å². The third kappa shape index (κ3) is 7.98. The molecule has 8 heteroatoms. The molecule has 0 heterocycles. The number of primary amides is 1. The van der Waals surface area contributed by atoms with Crippen LogP contribution in [0.15, 0.2) is 0 Å². The Morgan fingerprint density at radius 3 is 2.37 bits per heavy atom. The van der Waals surface area contributed by atoms with E-state index in [-0.39, 0.29) is 18.9 Å². The highest BCUT2D eigenvalue weighted by Gasteiger charge is 2.21. The van der Waals surface area contributed by atoms with Crippen molar-refractivity contribution in [3.63, 3.8) is 0 Å². The first-order valence-electron chi connectivity index (χ1n) is 5.97. The van der Waals surface area contributed by atoms with Gasteiger partial charge in [0.1, 0.15) is 6.04 Å². The summed E-state index contributed by atoms with van der Waals surface area (Å²) >= 11 is 0. The quantitative estimate of drug-likeness (QED) is 0.447. The predicted molar refractivity (Wildman–Crippen MR) is 67.5 cm³/mol. The number of urea groups is 1. The number of nitrogens with two attached hydrogens (primary N) is 1. The first kappa shape index (κ1) is 17.2. The fraction of sp³-hybridized carbons (Fsp3) is 0.727. The van der Waals surface area contributed by atoms with Crippen molar-refractivity contribution in [2.75, 3.05) is 13.7 Å². The second-order valence-electron chi connectivity index (χ2n) is 4.07. The molecule has 1 unspecified atom stereocenters. The molecule has 0 aromatic heterocycles. The average Bonchev–Trinajstić information content (AvgIpc) is 2.33. The molecule has 2 atom stereocenters. The summed E-state index contributed by atoms with van der Waals surface area (Å²) in [4.78, 5) is 33.1. The summed E-state index contributed by atoms with van der Waals surface area (Å²) in [5, 5.41) is 13.8. The maximum atomic E-state index is 11.6. The molecule has 0 aliphatic rings. The monoisotopic (exact) mass is 275 g/mol. The van der Waals surface area contributed by atoms with Gasteiger partial charge < -0.3 is 26.2 Å². The van der Waals surface area contributed by atoms with E-state index in [9.17, 15) is 14.4 Å². The van der Waals surface area contributed by atoms with Crippen LogP contribution in [-0.4, -0.2) is 48.8 Å². The van der Waals surface area contributed by atoms with E-state index in [1.807, 2.05) is 6.92 Å². The van der Waals surface area contributed by atoms with E-state index in [2.05, 4.69) is 10.6 Å². The number of aliphatic carboxylic acids is 1. The molecule has 0 saturated heterocycles. The molecule has 0 saturated carbocycles. The Morgan fingerprint density at radius 2 is 1.95 bits per heavy atom. The van der Waals surface area contributed by atoms with E-state index >= 15 is 0 Å². The molecule has 3 amide bonds. The summed E-state index contributed by atoms with van der Waals surface area (Å²) in [7, 11) is 1.51. The van der Waals surface area contributed by atoms with Crippen LogP contribution in [0.1, 0.15) is 26.2 Å². The van der Waals surface area contributed by atoms with Crippen LogP contribution in [0, 0.1) is 0 Å². The Labute approximate surface area is 111 Å². The summed E-state index contributed by atoms with van der Waals surface area (Å²) < 4.78 is 4.91. The first-order valence-corrected chi connectivity index (χ1v) is 5.97. The summed E-state index contributed by atoms with van der Waals surface area (Å²) in [6, 6.07) is -1.95. The lowest BCUT2D eigenvalue weighted by Crippen LogP contribution is -2.50. The van der Waals surface area contributed by atoms with Gasteiger partial charge in [0.15, 0.2) is 0 Å². The van der Waals surface area contributed by atoms with Gasteiger partial charge in [-0.15, -0.1) is 0 Å². The largest absolute Gasteiger partial charge is 0.480 e. The lowest BCUT2D eigenvalue weighted by atomic mass is 10.1. The average molecular weight is 275 g/mol. The smallest absolute Gasteiger partial charge is 0.326 e. The lowest BCUT2D eigenvalue weighted by molar-refractivity contribution is -0.139. The maximum absolute atomic E-state index is 11.6. The van der Waals surface area contributed by atoms with Crippen LogP contribution in [0.2, 0.25) is 0 Å². The number of methoxy groups -OCH3 is 1. The van der Waals surface area contributed by atoms with Crippen molar-refractivity contribution in [2.45, 2.75) is 38.3 Å². The fourth-order valence-electron chi connectivity index (χ4n) is 1.39. The zero-order valence-corrected chi connectivity index (χ0v) is 11.1. The van der Waals surface area contributed by atoms with Gasteiger partial charge >= 0.3 is 12.0 Å². The standard InChI is InChI=1S/C11H21N3O5/c1-3-7(6-19-2)13-11(18)14-8(10(16)17)4-5-9(12)15/h7-8H,3-6H2,1-2H3,(H2,12,15)(H,16,17)(H2,13,14,18)/t7?,8-/m0/s1. The topological polar surface area (TPSA) is 131 Å². The van der Waals surface area contributed by atoms with Crippen LogP contribution in [0.3, 0.4) is 0 Å². The highest BCUT2D eigenvalue weighted by atomic mass is 16.5. The van der Waals surface area contributed by atoms with Crippen LogP contribution in [0.25, 0.3) is 0 Å². The van der Waals surface area contributed by atoms with Crippen molar-refractivity contribution in [1.29, 1.82) is 0 Å². The highest BCUT2D eigenvalue weighted by Crippen LogP contribution is 1.98. The third-order valence-electron chi connectivity index (χ3n) is 2.48. The summed E-state index contributed by atoms with van der Waals surface area (Å²) in [5.74, 6) is -1.82. The van der Waals surface area contributed by atoms with Crippen LogP contribution in [0.4, 0.5) is 4.79 Å². The fourth-order valence-corrected chi connectivity index (χ4v) is 1.39. The molecule has 0 spiro atoms. The number of ether oxygens (including phenoxy) is 1.